The Morgan fingerprint density at radius 2 is 1.27 bits per heavy atom. The first kappa shape index (κ1) is 14.2. The first-order valence-electron chi connectivity index (χ1n) is 6.82. The van der Waals surface area contributed by atoms with Crippen molar-refractivity contribution in [3.63, 3.8) is 0 Å². The zero-order chi connectivity index (χ0) is 15.7. The summed E-state index contributed by atoms with van der Waals surface area (Å²) in [7, 11) is 0. The van der Waals surface area contributed by atoms with Crippen molar-refractivity contribution >= 4 is 11.9 Å². The van der Waals surface area contributed by atoms with Gasteiger partial charge in [0, 0.05) is 37.4 Å². The van der Waals surface area contributed by atoms with Gasteiger partial charge in [-0.15, -0.1) is 0 Å². The molecule has 2 aromatic heterocycles. The third kappa shape index (κ3) is 2.43. The van der Waals surface area contributed by atoms with Gasteiger partial charge in [-0.05, 0) is 12.1 Å². The molecule has 2 heterocycles. The number of aromatic nitrogens is 2. The van der Waals surface area contributed by atoms with Crippen LogP contribution in [-0.2, 0) is 19.1 Å². The van der Waals surface area contributed by atoms with Crippen molar-refractivity contribution in [2.24, 2.45) is 0 Å². The van der Waals surface area contributed by atoms with E-state index in [1.807, 2.05) is 0 Å². The number of esters is 2. The van der Waals surface area contributed by atoms with Gasteiger partial charge in [0.2, 0.25) is 0 Å². The zero-order valence-corrected chi connectivity index (χ0v) is 12.1. The summed E-state index contributed by atoms with van der Waals surface area (Å²) in [6.45, 7) is 2.64. The topological polar surface area (TPSA) is 78.4 Å². The van der Waals surface area contributed by atoms with Crippen LogP contribution in [0.1, 0.15) is 37.2 Å². The molecule has 1 aliphatic carbocycles. The molecule has 0 saturated carbocycles. The van der Waals surface area contributed by atoms with Crippen molar-refractivity contribution in [1.82, 2.24) is 9.97 Å². The van der Waals surface area contributed by atoms with Crippen molar-refractivity contribution in [3.05, 3.63) is 47.8 Å². The second-order valence-electron chi connectivity index (χ2n) is 4.94. The number of rotatable bonds is 2. The number of pyridine rings is 2. The third-order valence-corrected chi connectivity index (χ3v) is 3.38. The summed E-state index contributed by atoms with van der Waals surface area (Å²) in [5, 5.41) is 0. The van der Waals surface area contributed by atoms with Crippen molar-refractivity contribution in [2.75, 3.05) is 0 Å². The summed E-state index contributed by atoms with van der Waals surface area (Å²) in [6.07, 6.45) is 1.83. The van der Waals surface area contributed by atoms with E-state index in [-0.39, 0.29) is 0 Å². The summed E-state index contributed by atoms with van der Waals surface area (Å²) in [5.74, 6) is -0.909. The standard InChI is InChI=1S/C16H14N2O4/c1-9(19)21-15-11-5-3-7-17-13(11)14-12(6-4-8-18-14)16(15)22-10(2)20/h3-8,15-16H,1-2H3/t15-,16-/m1/s1. The average molecular weight is 298 g/mol. The van der Waals surface area contributed by atoms with Crippen LogP contribution in [0.4, 0.5) is 0 Å². The molecule has 0 N–H and O–H groups in total. The molecule has 2 atom stereocenters. The fraction of sp³-hybridized carbons (Fsp3) is 0.250. The lowest BCUT2D eigenvalue weighted by atomic mass is 9.87. The molecule has 1 aliphatic rings. The highest BCUT2D eigenvalue weighted by atomic mass is 16.6. The van der Waals surface area contributed by atoms with Gasteiger partial charge in [0.15, 0.2) is 12.2 Å². The minimum absolute atomic E-state index is 0.454. The predicted octanol–water partition coefficient (Wildman–Crippen LogP) is 2.37. The van der Waals surface area contributed by atoms with Gasteiger partial charge >= 0.3 is 11.9 Å². The van der Waals surface area contributed by atoms with E-state index in [4.69, 9.17) is 9.47 Å². The SMILES string of the molecule is CC(=O)O[C@@H]1c2cccnc2-c2ncccc2[C@H]1OC(C)=O. The van der Waals surface area contributed by atoms with Crippen LogP contribution in [0.15, 0.2) is 36.7 Å². The van der Waals surface area contributed by atoms with Gasteiger partial charge in [-0.2, -0.15) is 0 Å². The van der Waals surface area contributed by atoms with Gasteiger partial charge in [-0.3, -0.25) is 19.6 Å². The fourth-order valence-electron chi connectivity index (χ4n) is 2.62. The number of carbonyl (C=O) groups excluding carboxylic acids is 2. The molecule has 22 heavy (non-hydrogen) atoms. The molecule has 2 aromatic rings. The number of ether oxygens (including phenoxy) is 2. The van der Waals surface area contributed by atoms with Crippen LogP contribution in [0.5, 0.6) is 0 Å². The first-order chi connectivity index (χ1) is 10.6. The van der Waals surface area contributed by atoms with E-state index in [0.717, 1.165) is 0 Å². The summed E-state index contributed by atoms with van der Waals surface area (Å²) in [5.41, 5.74) is 2.62. The van der Waals surface area contributed by atoms with Crippen LogP contribution in [0.25, 0.3) is 11.4 Å². The van der Waals surface area contributed by atoms with Gasteiger partial charge in [0.25, 0.3) is 0 Å². The molecule has 0 fully saturated rings. The van der Waals surface area contributed by atoms with Crippen LogP contribution in [0.2, 0.25) is 0 Å². The highest BCUT2D eigenvalue weighted by molar-refractivity contribution is 5.72. The molecule has 0 amide bonds. The molecular formula is C16H14N2O4. The molecule has 0 spiro atoms. The fourth-order valence-corrected chi connectivity index (χ4v) is 2.62. The quantitative estimate of drug-likeness (QED) is 0.792. The second-order valence-corrected chi connectivity index (χ2v) is 4.94. The van der Waals surface area contributed by atoms with Crippen molar-refractivity contribution in [1.29, 1.82) is 0 Å². The maximum Gasteiger partial charge on any atom is 0.303 e. The summed E-state index contributed by atoms with van der Waals surface area (Å²) < 4.78 is 10.8. The van der Waals surface area contributed by atoms with E-state index in [9.17, 15) is 9.59 Å². The Morgan fingerprint density at radius 3 is 1.64 bits per heavy atom. The minimum Gasteiger partial charge on any atom is -0.453 e. The van der Waals surface area contributed by atoms with Crippen molar-refractivity contribution in [3.8, 4) is 11.4 Å². The number of fused-ring (bicyclic) bond motifs is 3. The second kappa shape index (κ2) is 5.55. The zero-order valence-electron chi connectivity index (χ0n) is 12.1. The van der Waals surface area contributed by atoms with Crippen LogP contribution >= 0.6 is 0 Å². The normalized spacial score (nSPS) is 18.8. The van der Waals surface area contributed by atoms with Crippen LogP contribution < -0.4 is 0 Å². The Balaban J connectivity index is 2.19. The molecule has 0 unspecified atom stereocenters. The highest BCUT2D eigenvalue weighted by Gasteiger charge is 2.39. The van der Waals surface area contributed by atoms with Gasteiger partial charge < -0.3 is 9.47 Å². The first-order valence-corrected chi connectivity index (χ1v) is 6.82. The van der Waals surface area contributed by atoms with Gasteiger partial charge in [-0.25, -0.2) is 0 Å². The lowest BCUT2D eigenvalue weighted by Crippen LogP contribution is -2.26. The third-order valence-electron chi connectivity index (χ3n) is 3.38. The molecule has 0 saturated heterocycles. The lowest BCUT2D eigenvalue weighted by molar-refractivity contribution is -0.167. The van der Waals surface area contributed by atoms with E-state index in [0.29, 0.717) is 22.5 Å². The highest BCUT2D eigenvalue weighted by Crippen LogP contribution is 2.46. The monoisotopic (exact) mass is 298 g/mol. The minimum atomic E-state index is -0.734. The van der Waals surface area contributed by atoms with Crippen LogP contribution in [0, 0.1) is 0 Å². The van der Waals surface area contributed by atoms with Crippen molar-refractivity contribution < 1.29 is 19.1 Å². The molecule has 0 radical (unpaired) electrons. The van der Waals surface area contributed by atoms with E-state index in [1.165, 1.54) is 13.8 Å². The Labute approximate surface area is 127 Å². The van der Waals surface area contributed by atoms with E-state index >= 15 is 0 Å². The molecule has 6 heteroatoms. The molecule has 112 valence electrons. The lowest BCUT2D eigenvalue weighted by Gasteiger charge is -2.32. The molecule has 0 aromatic carbocycles. The molecule has 0 aliphatic heterocycles. The van der Waals surface area contributed by atoms with Gasteiger partial charge in [0.05, 0.1) is 11.4 Å². The molecule has 3 rings (SSSR count). The maximum absolute atomic E-state index is 11.5. The van der Waals surface area contributed by atoms with Gasteiger partial charge in [0.1, 0.15) is 0 Å². The largest absolute Gasteiger partial charge is 0.453 e. The van der Waals surface area contributed by atoms with E-state index in [2.05, 4.69) is 9.97 Å². The summed E-state index contributed by atoms with van der Waals surface area (Å²) in [4.78, 5) is 31.6. The number of hydrogen-bond donors (Lipinski definition) is 0. The Morgan fingerprint density at radius 1 is 0.864 bits per heavy atom. The number of carbonyl (C=O) groups is 2. The Bertz CT molecular complexity index is 681. The van der Waals surface area contributed by atoms with Crippen LogP contribution in [0.3, 0.4) is 0 Å². The predicted molar refractivity (Wildman–Crippen MR) is 76.5 cm³/mol. The molecular weight excluding hydrogens is 284 g/mol. The number of hydrogen-bond acceptors (Lipinski definition) is 6. The van der Waals surface area contributed by atoms with E-state index in [1.54, 1.807) is 36.7 Å². The smallest absolute Gasteiger partial charge is 0.303 e. The number of nitrogens with zero attached hydrogens (tertiary/aromatic N) is 2. The molecule has 6 nitrogen and oxygen atoms in total. The van der Waals surface area contributed by atoms with E-state index < -0.39 is 24.1 Å². The van der Waals surface area contributed by atoms with Crippen LogP contribution in [-0.4, -0.2) is 21.9 Å². The van der Waals surface area contributed by atoms with Crippen molar-refractivity contribution in [2.45, 2.75) is 26.1 Å². The average Bonchev–Trinajstić information content (AvgIpc) is 2.50. The summed E-state index contributed by atoms with van der Waals surface area (Å²) >= 11 is 0. The summed E-state index contributed by atoms with van der Waals surface area (Å²) in [6, 6.07) is 7.08. The van der Waals surface area contributed by atoms with Gasteiger partial charge in [-0.1, -0.05) is 12.1 Å². The Kier molecular flexibility index (Phi) is 3.58. The maximum atomic E-state index is 11.5. The molecule has 0 bridgehead atoms. The Hall–Kier alpha value is -2.76.